The molecular weight excluding hydrogens is 548 g/mol. The molecule has 1 heterocycles. The smallest absolute Gasteiger partial charge is 0.243 e. The van der Waals surface area contributed by atoms with Gasteiger partial charge in [0, 0.05) is 26.2 Å². The summed E-state index contributed by atoms with van der Waals surface area (Å²) in [5.74, 6) is 2.45. The topological polar surface area (TPSA) is 93.2 Å². The number of hydrogen-bond donors (Lipinski definition) is 0. The van der Waals surface area contributed by atoms with Crippen LogP contribution in [-0.4, -0.2) is 51.6 Å². The highest BCUT2D eigenvalue weighted by Gasteiger charge is 2.33. The summed E-state index contributed by atoms with van der Waals surface area (Å²) in [6, 6.07) is 27.6. The molecule has 1 fully saturated rings. The number of rotatable bonds is 8. The lowest BCUT2D eigenvalue weighted by Crippen LogP contribution is -2.50. The molecule has 1 saturated heterocycles. The summed E-state index contributed by atoms with van der Waals surface area (Å²) < 4.78 is 67.4. The molecule has 8 nitrogen and oxygen atoms in total. The Hall–Kier alpha value is -3.70. The average molecular weight is 579 g/mol. The number of aryl methyl sites for hydroxylation is 2. The molecule has 5 rings (SSSR count). The Balaban J connectivity index is 1.21. The zero-order chi connectivity index (χ0) is 28.3. The summed E-state index contributed by atoms with van der Waals surface area (Å²) >= 11 is 0. The summed E-state index contributed by atoms with van der Waals surface area (Å²) in [5.41, 5.74) is 1.94. The number of hydrogen-bond acceptors (Lipinski definition) is 6. The second-order valence-corrected chi connectivity index (χ2v) is 13.4. The molecule has 0 N–H and O–H groups in total. The minimum atomic E-state index is -3.79. The molecule has 0 radical (unpaired) electrons. The van der Waals surface area contributed by atoms with E-state index in [4.69, 9.17) is 9.47 Å². The first kappa shape index (κ1) is 27.9. The molecular formula is C30H30N2O6S2. The third-order valence-corrected chi connectivity index (χ3v) is 10.6. The molecule has 1 aliphatic rings. The molecule has 0 aromatic heterocycles. The standard InChI is InChI=1S/C30H30N2O6S2/c1-23-7-3-5-9-29(23)37-25-11-15-27(16-12-25)39(33,34)31-19-21-32(22-20-31)40(35,36)28-17-13-26(14-18-28)38-30-10-6-4-8-24(30)2/h3-18H,19-22H2,1-2H3. The Labute approximate surface area is 235 Å². The van der Waals surface area contributed by atoms with Crippen molar-refractivity contribution in [1.82, 2.24) is 8.61 Å². The van der Waals surface area contributed by atoms with Gasteiger partial charge in [-0.05, 0) is 85.6 Å². The van der Waals surface area contributed by atoms with Crippen LogP contribution in [0.25, 0.3) is 0 Å². The number of sulfonamides is 2. The van der Waals surface area contributed by atoms with Gasteiger partial charge in [0.15, 0.2) is 0 Å². The molecule has 0 spiro atoms. The van der Waals surface area contributed by atoms with Gasteiger partial charge in [-0.15, -0.1) is 0 Å². The fourth-order valence-corrected chi connectivity index (χ4v) is 7.25. The fraction of sp³-hybridized carbons (Fsp3) is 0.200. The van der Waals surface area contributed by atoms with E-state index in [0.29, 0.717) is 23.0 Å². The number of piperazine rings is 1. The van der Waals surface area contributed by atoms with E-state index in [1.54, 1.807) is 24.3 Å². The first-order valence-electron chi connectivity index (χ1n) is 12.8. The summed E-state index contributed by atoms with van der Waals surface area (Å²) in [6.07, 6.45) is 0. The van der Waals surface area contributed by atoms with Crippen molar-refractivity contribution in [3.8, 4) is 23.0 Å². The van der Waals surface area contributed by atoms with E-state index in [1.807, 2.05) is 62.4 Å². The molecule has 10 heteroatoms. The van der Waals surface area contributed by atoms with E-state index in [-0.39, 0.29) is 36.0 Å². The Morgan fingerprint density at radius 2 is 0.825 bits per heavy atom. The normalized spacial score (nSPS) is 15.1. The monoisotopic (exact) mass is 578 g/mol. The van der Waals surface area contributed by atoms with Crippen LogP contribution < -0.4 is 9.47 Å². The summed E-state index contributed by atoms with van der Waals surface area (Å²) in [4.78, 5) is 0.260. The van der Waals surface area contributed by atoms with E-state index in [2.05, 4.69) is 0 Å². The number of para-hydroxylation sites is 2. The minimum Gasteiger partial charge on any atom is -0.457 e. The highest BCUT2D eigenvalue weighted by Crippen LogP contribution is 2.29. The van der Waals surface area contributed by atoms with Gasteiger partial charge in [0.05, 0.1) is 9.79 Å². The van der Waals surface area contributed by atoms with Crippen molar-refractivity contribution in [1.29, 1.82) is 0 Å². The van der Waals surface area contributed by atoms with Gasteiger partial charge >= 0.3 is 0 Å². The summed E-state index contributed by atoms with van der Waals surface area (Å²) in [6.45, 7) is 4.08. The van der Waals surface area contributed by atoms with Crippen molar-refractivity contribution in [2.45, 2.75) is 23.6 Å². The van der Waals surface area contributed by atoms with Crippen molar-refractivity contribution >= 4 is 20.0 Å². The molecule has 0 unspecified atom stereocenters. The minimum absolute atomic E-state index is 0.0531. The molecule has 0 aliphatic carbocycles. The number of nitrogens with zero attached hydrogens (tertiary/aromatic N) is 2. The van der Waals surface area contributed by atoms with Crippen molar-refractivity contribution in [2.24, 2.45) is 0 Å². The molecule has 208 valence electrons. The second kappa shape index (κ2) is 11.4. The predicted molar refractivity (Wildman–Crippen MR) is 153 cm³/mol. The largest absolute Gasteiger partial charge is 0.457 e. The summed E-state index contributed by atoms with van der Waals surface area (Å²) in [5, 5.41) is 0. The zero-order valence-corrected chi connectivity index (χ0v) is 23.9. The third kappa shape index (κ3) is 5.90. The Kier molecular flexibility index (Phi) is 7.95. The van der Waals surface area contributed by atoms with Crippen LogP contribution in [0.5, 0.6) is 23.0 Å². The van der Waals surface area contributed by atoms with E-state index >= 15 is 0 Å². The van der Waals surface area contributed by atoms with Crippen LogP contribution in [0.15, 0.2) is 107 Å². The Morgan fingerprint density at radius 1 is 0.500 bits per heavy atom. The molecule has 0 saturated carbocycles. The van der Waals surface area contributed by atoms with Gasteiger partial charge in [0.2, 0.25) is 20.0 Å². The zero-order valence-electron chi connectivity index (χ0n) is 22.2. The van der Waals surface area contributed by atoms with Gasteiger partial charge in [-0.3, -0.25) is 0 Å². The lowest BCUT2D eigenvalue weighted by molar-refractivity contribution is 0.273. The fourth-order valence-electron chi connectivity index (χ4n) is 4.40. The molecule has 4 aromatic carbocycles. The lowest BCUT2D eigenvalue weighted by atomic mass is 10.2. The predicted octanol–water partition coefficient (Wildman–Crippen LogP) is 5.58. The molecule has 40 heavy (non-hydrogen) atoms. The quantitative estimate of drug-likeness (QED) is 0.271. The maximum Gasteiger partial charge on any atom is 0.243 e. The molecule has 1 aliphatic heterocycles. The Morgan fingerprint density at radius 3 is 1.15 bits per heavy atom. The van der Waals surface area contributed by atoms with Crippen LogP contribution in [0.3, 0.4) is 0 Å². The van der Waals surface area contributed by atoms with E-state index in [0.717, 1.165) is 11.1 Å². The molecule has 0 bridgehead atoms. The van der Waals surface area contributed by atoms with Crippen LogP contribution in [0.4, 0.5) is 0 Å². The van der Waals surface area contributed by atoms with Crippen LogP contribution in [-0.2, 0) is 20.0 Å². The van der Waals surface area contributed by atoms with Gasteiger partial charge < -0.3 is 9.47 Å². The maximum atomic E-state index is 13.3. The highest BCUT2D eigenvalue weighted by molar-refractivity contribution is 7.89. The van der Waals surface area contributed by atoms with Crippen LogP contribution in [0.2, 0.25) is 0 Å². The van der Waals surface area contributed by atoms with Crippen molar-refractivity contribution in [2.75, 3.05) is 26.2 Å². The first-order valence-corrected chi connectivity index (χ1v) is 15.7. The van der Waals surface area contributed by atoms with Crippen LogP contribution >= 0.6 is 0 Å². The van der Waals surface area contributed by atoms with Crippen molar-refractivity contribution in [3.63, 3.8) is 0 Å². The van der Waals surface area contributed by atoms with E-state index in [9.17, 15) is 16.8 Å². The van der Waals surface area contributed by atoms with Crippen molar-refractivity contribution < 1.29 is 26.3 Å². The maximum absolute atomic E-state index is 13.3. The van der Waals surface area contributed by atoms with Gasteiger partial charge in [-0.25, -0.2) is 16.8 Å². The Bertz CT molecular complexity index is 1570. The van der Waals surface area contributed by atoms with Crippen LogP contribution in [0, 0.1) is 13.8 Å². The van der Waals surface area contributed by atoms with Crippen LogP contribution in [0.1, 0.15) is 11.1 Å². The van der Waals surface area contributed by atoms with Crippen molar-refractivity contribution in [3.05, 3.63) is 108 Å². The average Bonchev–Trinajstić information content (AvgIpc) is 2.96. The molecule has 4 aromatic rings. The van der Waals surface area contributed by atoms with Gasteiger partial charge in [-0.2, -0.15) is 8.61 Å². The second-order valence-electron chi connectivity index (χ2n) is 9.49. The molecule has 0 amide bonds. The van der Waals surface area contributed by atoms with Gasteiger partial charge in [0.25, 0.3) is 0 Å². The van der Waals surface area contributed by atoms with Gasteiger partial charge in [0.1, 0.15) is 23.0 Å². The van der Waals surface area contributed by atoms with E-state index < -0.39 is 20.0 Å². The summed E-state index contributed by atoms with van der Waals surface area (Å²) in [7, 11) is -7.59. The first-order chi connectivity index (χ1) is 19.1. The number of ether oxygens (including phenoxy) is 2. The number of benzene rings is 4. The van der Waals surface area contributed by atoms with E-state index in [1.165, 1.54) is 32.9 Å². The lowest BCUT2D eigenvalue weighted by Gasteiger charge is -2.33. The SMILES string of the molecule is Cc1ccccc1Oc1ccc(S(=O)(=O)N2CCN(S(=O)(=O)c3ccc(Oc4ccccc4C)cc3)CC2)cc1. The highest BCUT2D eigenvalue weighted by atomic mass is 32.2. The van der Waals surface area contributed by atoms with Gasteiger partial charge in [-0.1, -0.05) is 36.4 Å². The third-order valence-electron chi connectivity index (χ3n) is 6.76. The molecule has 0 atom stereocenters.